The Balaban J connectivity index is 1.95. The molecule has 1 N–H and O–H groups in total. The maximum atomic E-state index is 13.3. The highest BCUT2D eigenvalue weighted by Gasteiger charge is 2.20. The molecule has 1 heterocycles. The van der Waals surface area contributed by atoms with Crippen LogP contribution in [0.25, 0.3) is 0 Å². The summed E-state index contributed by atoms with van der Waals surface area (Å²) in [6.07, 6.45) is 5.56. The molecule has 0 radical (unpaired) electrons. The molecule has 1 fully saturated rings. The van der Waals surface area contributed by atoms with E-state index in [1.54, 1.807) is 12.3 Å². The number of rotatable bonds is 2. The summed E-state index contributed by atoms with van der Waals surface area (Å²) in [6, 6.07) is 3.32. The van der Waals surface area contributed by atoms with Crippen molar-refractivity contribution in [1.82, 2.24) is 4.98 Å². The average molecular weight is 229 g/mol. The smallest absolute Gasteiger partial charge is 0.165 e. The summed E-state index contributed by atoms with van der Waals surface area (Å²) in [6.45, 7) is 0. The van der Waals surface area contributed by atoms with E-state index in [1.807, 2.05) is 0 Å². The minimum atomic E-state index is -0.287. The Bertz CT molecular complexity index is 324. The Kier molecular flexibility index (Phi) is 3.41. The minimum Gasteiger partial charge on any atom is -0.365 e. The number of aromatic nitrogens is 1. The van der Waals surface area contributed by atoms with E-state index in [0.717, 1.165) is 25.7 Å². The van der Waals surface area contributed by atoms with Crippen molar-refractivity contribution < 1.29 is 4.39 Å². The first-order valence-corrected chi connectivity index (χ1v) is 5.70. The first-order valence-electron chi connectivity index (χ1n) is 5.27. The Hall–Kier alpha value is -0.830. The molecule has 0 bridgehead atoms. The molecule has 82 valence electrons. The van der Waals surface area contributed by atoms with Crippen LogP contribution in [0.5, 0.6) is 0 Å². The zero-order valence-corrected chi connectivity index (χ0v) is 9.17. The van der Waals surface area contributed by atoms with Crippen LogP contribution in [0.15, 0.2) is 18.3 Å². The van der Waals surface area contributed by atoms with E-state index in [4.69, 9.17) is 11.6 Å². The zero-order chi connectivity index (χ0) is 10.7. The molecule has 0 saturated heterocycles. The normalized spacial score (nSPS) is 26.3. The summed E-state index contributed by atoms with van der Waals surface area (Å²) in [7, 11) is 0. The lowest BCUT2D eigenvalue weighted by atomic mass is 9.95. The molecule has 1 aromatic heterocycles. The lowest BCUT2D eigenvalue weighted by molar-refractivity contribution is 0.465. The summed E-state index contributed by atoms with van der Waals surface area (Å²) in [5.74, 6) is 0.0704. The van der Waals surface area contributed by atoms with Crippen molar-refractivity contribution in [1.29, 1.82) is 0 Å². The van der Waals surface area contributed by atoms with Crippen molar-refractivity contribution in [3.8, 4) is 0 Å². The maximum Gasteiger partial charge on any atom is 0.165 e. The minimum absolute atomic E-state index is 0.287. The summed E-state index contributed by atoms with van der Waals surface area (Å²) < 4.78 is 13.3. The topological polar surface area (TPSA) is 24.9 Å². The quantitative estimate of drug-likeness (QED) is 0.787. The van der Waals surface area contributed by atoms with E-state index in [0.29, 0.717) is 11.9 Å². The van der Waals surface area contributed by atoms with Gasteiger partial charge in [0.2, 0.25) is 0 Å². The fourth-order valence-electron chi connectivity index (χ4n) is 1.88. The molecule has 1 aliphatic rings. The van der Waals surface area contributed by atoms with Crippen LogP contribution in [-0.2, 0) is 0 Å². The third-order valence-corrected chi connectivity index (χ3v) is 3.19. The van der Waals surface area contributed by atoms with Gasteiger partial charge in [0.05, 0.1) is 0 Å². The van der Waals surface area contributed by atoms with Gasteiger partial charge in [0.1, 0.15) is 0 Å². The van der Waals surface area contributed by atoms with Gasteiger partial charge in [-0.05, 0) is 37.8 Å². The molecule has 4 heteroatoms. The maximum absolute atomic E-state index is 13.3. The van der Waals surface area contributed by atoms with E-state index >= 15 is 0 Å². The van der Waals surface area contributed by atoms with E-state index < -0.39 is 0 Å². The van der Waals surface area contributed by atoms with Crippen molar-refractivity contribution in [3.05, 3.63) is 24.1 Å². The summed E-state index contributed by atoms with van der Waals surface area (Å²) in [4.78, 5) is 3.97. The number of alkyl halides is 1. The molecule has 1 saturated carbocycles. The summed E-state index contributed by atoms with van der Waals surface area (Å²) >= 11 is 6.00. The molecular weight excluding hydrogens is 215 g/mol. The number of hydrogen-bond acceptors (Lipinski definition) is 2. The van der Waals surface area contributed by atoms with Crippen molar-refractivity contribution in [3.63, 3.8) is 0 Å². The average Bonchev–Trinajstić information content (AvgIpc) is 2.25. The van der Waals surface area contributed by atoms with Crippen molar-refractivity contribution in [2.75, 3.05) is 5.32 Å². The molecule has 0 aromatic carbocycles. The van der Waals surface area contributed by atoms with E-state index in [-0.39, 0.29) is 11.2 Å². The van der Waals surface area contributed by atoms with Gasteiger partial charge in [0, 0.05) is 17.6 Å². The number of halogens is 2. The van der Waals surface area contributed by atoms with Gasteiger partial charge in [0.15, 0.2) is 11.6 Å². The first kappa shape index (κ1) is 10.7. The molecule has 0 spiro atoms. The predicted octanol–water partition coefficient (Wildman–Crippen LogP) is 3.18. The van der Waals surface area contributed by atoms with E-state index in [2.05, 4.69) is 10.3 Å². The van der Waals surface area contributed by atoms with Crippen LogP contribution in [0.3, 0.4) is 0 Å². The Morgan fingerprint density at radius 2 is 2.07 bits per heavy atom. The monoisotopic (exact) mass is 228 g/mol. The van der Waals surface area contributed by atoms with Gasteiger partial charge in [-0.1, -0.05) is 0 Å². The fourth-order valence-corrected chi connectivity index (χ4v) is 2.13. The fraction of sp³-hybridized carbons (Fsp3) is 0.545. The van der Waals surface area contributed by atoms with Gasteiger partial charge in [-0.3, -0.25) is 0 Å². The van der Waals surface area contributed by atoms with E-state index in [1.165, 1.54) is 6.07 Å². The molecule has 2 rings (SSSR count). The van der Waals surface area contributed by atoms with Gasteiger partial charge in [0.25, 0.3) is 0 Å². The van der Waals surface area contributed by atoms with Gasteiger partial charge in [-0.15, -0.1) is 11.6 Å². The Morgan fingerprint density at radius 1 is 1.33 bits per heavy atom. The highest BCUT2D eigenvalue weighted by Crippen LogP contribution is 2.25. The predicted molar refractivity (Wildman–Crippen MR) is 59.7 cm³/mol. The number of pyridine rings is 1. The number of nitrogens with zero attached hydrogens (tertiary/aromatic N) is 1. The number of nitrogens with one attached hydrogen (secondary N) is 1. The van der Waals surface area contributed by atoms with Crippen molar-refractivity contribution in [2.45, 2.75) is 37.1 Å². The SMILES string of the molecule is Fc1cccnc1NC1CCC(Cl)CC1. The second-order valence-corrected chi connectivity index (χ2v) is 4.54. The molecule has 1 aliphatic carbocycles. The standard InChI is InChI=1S/C11H14ClFN2/c12-8-3-5-9(6-4-8)15-11-10(13)2-1-7-14-11/h1-2,7-9H,3-6H2,(H,14,15). The third kappa shape index (κ3) is 2.81. The molecule has 0 amide bonds. The molecule has 0 atom stereocenters. The van der Waals surface area contributed by atoms with Crippen LogP contribution in [-0.4, -0.2) is 16.4 Å². The zero-order valence-electron chi connectivity index (χ0n) is 8.42. The van der Waals surface area contributed by atoms with Crippen molar-refractivity contribution >= 4 is 17.4 Å². The molecule has 15 heavy (non-hydrogen) atoms. The van der Waals surface area contributed by atoms with Crippen LogP contribution >= 0.6 is 11.6 Å². The van der Waals surface area contributed by atoms with Crippen LogP contribution in [0.4, 0.5) is 10.2 Å². The lowest BCUT2D eigenvalue weighted by Crippen LogP contribution is -2.27. The largest absolute Gasteiger partial charge is 0.365 e. The van der Waals surface area contributed by atoms with Gasteiger partial charge >= 0.3 is 0 Å². The summed E-state index contributed by atoms with van der Waals surface area (Å²) in [5, 5.41) is 3.41. The number of anilines is 1. The second kappa shape index (κ2) is 4.79. The molecule has 0 aliphatic heterocycles. The highest BCUT2D eigenvalue weighted by atomic mass is 35.5. The van der Waals surface area contributed by atoms with Gasteiger partial charge in [-0.25, -0.2) is 9.37 Å². The molecule has 0 unspecified atom stereocenters. The van der Waals surface area contributed by atoms with Crippen LogP contribution in [0.2, 0.25) is 0 Å². The van der Waals surface area contributed by atoms with Crippen LogP contribution in [0, 0.1) is 5.82 Å². The summed E-state index contributed by atoms with van der Waals surface area (Å²) in [5.41, 5.74) is 0. The molecule has 1 aromatic rings. The molecular formula is C11H14ClFN2. The third-order valence-electron chi connectivity index (χ3n) is 2.76. The van der Waals surface area contributed by atoms with Gasteiger partial charge < -0.3 is 5.32 Å². The first-order chi connectivity index (χ1) is 7.25. The van der Waals surface area contributed by atoms with Crippen LogP contribution in [0.1, 0.15) is 25.7 Å². The Labute approximate surface area is 93.9 Å². The van der Waals surface area contributed by atoms with Crippen LogP contribution < -0.4 is 5.32 Å². The van der Waals surface area contributed by atoms with Crippen molar-refractivity contribution in [2.24, 2.45) is 0 Å². The lowest BCUT2D eigenvalue weighted by Gasteiger charge is -2.26. The number of hydrogen-bond donors (Lipinski definition) is 1. The van der Waals surface area contributed by atoms with E-state index in [9.17, 15) is 4.39 Å². The molecule has 2 nitrogen and oxygen atoms in total. The Morgan fingerprint density at radius 3 is 2.73 bits per heavy atom. The highest BCUT2D eigenvalue weighted by molar-refractivity contribution is 6.20. The van der Waals surface area contributed by atoms with Gasteiger partial charge in [-0.2, -0.15) is 0 Å². The second-order valence-electron chi connectivity index (χ2n) is 3.93.